The number of nitrogens with zero attached hydrogens (tertiary/aromatic N) is 3. The van der Waals surface area contributed by atoms with Gasteiger partial charge in [0.15, 0.2) is 0 Å². The minimum absolute atomic E-state index is 0.0482. The predicted octanol–water partition coefficient (Wildman–Crippen LogP) is 4.35. The molecule has 1 heterocycles. The van der Waals surface area contributed by atoms with Gasteiger partial charge in [-0.2, -0.15) is 13.2 Å². The van der Waals surface area contributed by atoms with Crippen LogP contribution in [0, 0.1) is 10.1 Å². The molecule has 196 valence electrons. The SMILES string of the molecule is CCC(C(=O)NCc1cccc(C(F)(F)F)c1)n1c(=O)n(-c2cccc([N+](=O)[O-])c2)c(=O)c2ccccc21. The molecule has 1 atom stereocenters. The highest BCUT2D eigenvalue weighted by Gasteiger charge is 2.30. The Hall–Kier alpha value is -4.74. The fraction of sp³-hybridized carbons (Fsp3) is 0.192. The zero-order chi connectivity index (χ0) is 27.6. The van der Waals surface area contributed by atoms with Crippen LogP contribution >= 0.6 is 0 Å². The lowest BCUT2D eigenvalue weighted by molar-refractivity contribution is -0.384. The molecule has 38 heavy (non-hydrogen) atoms. The van der Waals surface area contributed by atoms with Gasteiger partial charge >= 0.3 is 11.9 Å². The molecule has 4 rings (SSSR count). The first-order chi connectivity index (χ1) is 18.0. The van der Waals surface area contributed by atoms with Crippen molar-refractivity contribution in [1.29, 1.82) is 0 Å². The van der Waals surface area contributed by atoms with Crippen molar-refractivity contribution in [3.8, 4) is 5.69 Å². The summed E-state index contributed by atoms with van der Waals surface area (Å²) >= 11 is 0. The number of nitro groups is 1. The second-order valence-corrected chi connectivity index (χ2v) is 8.43. The molecule has 0 bridgehead atoms. The lowest BCUT2D eigenvalue weighted by Crippen LogP contribution is -2.44. The largest absolute Gasteiger partial charge is 0.416 e. The zero-order valence-corrected chi connectivity index (χ0v) is 19.9. The summed E-state index contributed by atoms with van der Waals surface area (Å²) in [7, 11) is 0. The molecule has 0 aliphatic carbocycles. The van der Waals surface area contributed by atoms with E-state index >= 15 is 0 Å². The van der Waals surface area contributed by atoms with Crippen molar-refractivity contribution >= 4 is 22.5 Å². The molecule has 0 radical (unpaired) electrons. The topological polar surface area (TPSA) is 116 Å². The summed E-state index contributed by atoms with van der Waals surface area (Å²) in [6.07, 6.45) is -4.44. The molecule has 1 unspecified atom stereocenters. The number of amides is 1. The Morgan fingerprint density at radius 2 is 1.74 bits per heavy atom. The first kappa shape index (κ1) is 26.3. The normalized spacial score (nSPS) is 12.3. The molecular formula is C26H21F3N4O5. The molecule has 0 saturated heterocycles. The number of para-hydroxylation sites is 1. The van der Waals surface area contributed by atoms with Gasteiger partial charge in [0, 0.05) is 18.7 Å². The highest BCUT2D eigenvalue weighted by Crippen LogP contribution is 2.29. The quantitative estimate of drug-likeness (QED) is 0.284. The fourth-order valence-electron chi connectivity index (χ4n) is 4.21. The molecule has 0 aliphatic heterocycles. The second kappa shape index (κ2) is 10.3. The minimum Gasteiger partial charge on any atom is -0.350 e. The Labute approximate surface area is 212 Å². The fourth-order valence-corrected chi connectivity index (χ4v) is 4.21. The van der Waals surface area contributed by atoms with Gasteiger partial charge in [-0.3, -0.25) is 24.3 Å². The molecule has 9 nitrogen and oxygen atoms in total. The average Bonchev–Trinajstić information content (AvgIpc) is 2.89. The highest BCUT2D eigenvalue weighted by atomic mass is 19.4. The second-order valence-electron chi connectivity index (χ2n) is 8.43. The maximum Gasteiger partial charge on any atom is 0.416 e. The number of fused-ring (bicyclic) bond motifs is 1. The van der Waals surface area contributed by atoms with Gasteiger partial charge in [-0.1, -0.05) is 37.3 Å². The van der Waals surface area contributed by atoms with E-state index in [-0.39, 0.29) is 40.8 Å². The summed E-state index contributed by atoms with van der Waals surface area (Å²) in [5, 5.41) is 13.9. The Balaban J connectivity index is 1.79. The van der Waals surface area contributed by atoms with Crippen molar-refractivity contribution in [1.82, 2.24) is 14.5 Å². The van der Waals surface area contributed by atoms with E-state index in [1.165, 1.54) is 42.5 Å². The number of benzene rings is 3. The Morgan fingerprint density at radius 1 is 1.03 bits per heavy atom. The van der Waals surface area contributed by atoms with Gasteiger partial charge in [0.2, 0.25) is 5.91 Å². The summed E-state index contributed by atoms with van der Waals surface area (Å²) in [5.41, 5.74) is -2.47. The number of nitrogens with one attached hydrogen (secondary N) is 1. The molecule has 3 aromatic carbocycles. The third-order valence-corrected chi connectivity index (χ3v) is 6.02. The summed E-state index contributed by atoms with van der Waals surface area (Å²) in [4.78, 5) is 50.8. The Morgan fingerprint density at radius 3 is 2.42 bits per heavy atom. The van der Waals surface area contributed by atoms with Gasteiger partial charge in [0.05, 0.1) is 27.1 Å². The average molecular weight is 526 g/mol. The van der Waals surface area contributed by atoms with Crippen LogP contribution in [0.2, 0.25) is 0 Å². The standard InChI is InChI=1S/C26H21F3N4O5/c1-2-21(23(34)30-15-16-7-5-8-17(13-16)26(27,28)29)32-22-12-4-3-11-20(22)24(35)31(25(32)36)18-9-6-10-19(14-18)33(37)38/h3-14,21H,2,15H2,1H3,(H,30,34). The Kier molecular flexibility index (Phi) is 7.15. The number of aromatic nitrogens is 2. The number of non-ortho nitro benzene ring substituents is 1. The van der Waals surface area contributed by atoms with E-state index in [2.05, 4.69) is 5.32 Å². The van der Waals surface area contributed by atoms with E-state index in [0.717, 1.165) is 27.3 Å². The first-order valence-electron chi connectivity index (χ1n) is 11.5. The van der Waals surface area contributed by atoms with Gasteiger partial charge in [0.25, 0.3) is 11.2 Å². The molecule has 0 fully saturated rings. The summed E-state index contributed by atoms with van der Waals surface area (Å²) in [6, 6.07) is 14.5. The zero-order valence-electron chi connectivity index (χ0n) is 19.9. The van der Waals surface area contributed by atoms with E-state index in [0.29, 0.717) is 0 Å². The number of halogens is 3. The van der Waals surface area contributed by atoms with Crippen molar-refractivity contribution in [3.05, 3.63) is 115 Å². The lowest BCUT2D eigenvalue weighted by Gasteiger charge is -2.21. The predicted molar refractivity (Wildman–Crippen MR) is 133 cm³/mol. The maximum absolute atomic E-state index is 13.7. The van der Waals surface area contributed by atoms with Crippen LogP contribution in [0.5, 0.6) is 0 Å². The monoisotopic (exact) mass is 526 g/mol. The van der Waals surface area contributed by atoms with E-state index in [1.807, 2.05) is 0 Å². The minimum atomic E-state index is -4.54. The van der Waals surface area contributed by atoms with Gasteiger partial charge in [-0.15, -0.1) is 0 Å². The van der Waals surface area contributed by atoms with Crippen LogP contribution in [-0.2, 0) is 17.5 Å². The molecule has 0 spiro atoms. The molecule has 12 heteroatoms. The third kappa shape index (κ3) is 5.05. The number of rotatable bonds is 7. The number of hydrogen-bond donors (Lipinski definition) is 1. The van der Waals surface area contributed by atoms with Crippen LogP contribution in [0.15, 0.2) is 82.4 Å². The van der Waals surface area contributed by atoms with Crippen molar-refractivity contribution in [2.75, 3.05) is 0 Å². The van der Waals surface area contributed by atoms with Crippen LogP contribution in [0.3, 0.4) is 0 Å². The number of hydrogen-bond acceptors (Lipinski definition) is 5. The van der Waals surface area contributed by atoms with Crippen LogP contribution in [0.4, 0.5) is 18.9 Å². The van der Waals surface area contributed by atoms with E-state index in [9.17, 15) is 37.7 Å². The van der Waals surface area contributed by atoms with Crippen molar-refractivity contribution in [3.63, 3.8) is 0 Å². The van der Waals surface area contributed by atoms with Crippen LogP contribution in [0.1, 0.15) is 30.5 Å². The van der Waals surface area contributed by atoms with E-state index in [4.69, 9.17) is 0 Å². The Bertz CT molecular complexity index is 1660. The van der Waals surface area contributed by atoms with Crippen molar-refractivity contribution in [2.24, 2.45) is 0 Å². The third-order valence-electron chi connectivity index (χ3n) is 6.02. The van der Waals surface area contributed by atoms with Gasteiger partial charge in [-0.25, -0.2) is 9.36 Å². The summed E-state index contributed by atoms with van der Waals surface area (Å²) in [5.74, 6) is -0.651. The van der Waals surface area contributed by atoms with E-state index < -0.39 is 39.9 Å². The van der Waals surface area contributed by atoms with Crippen LogP contribution < -0.4 is 16.6 Å². The maximum atomic E-state index is 13.7. The molecule has 0 aliphatic rings. The number of alkyl halides is 3. The van der Waals surface area contributed by atoms with Gasteiger partial charge in [-0.05, 0) is 42.3 Å². The number of carbonyl (C=O) groups excluding carboxylic acids is 1. The molecule has 4 aromatic rings. The summed E-state index contributed by atoms with van der Waals surface area (Å²) < 4.78 is 41.0. The molecule has 0 saturated carbocycles. The lowest BCUT2D eigenvalue weighted by atomic mass is 10.1. The molecule has 1 amide bonds. The smallest absolute Gasteiger partial charge is 0.350 e. The van der Waals surface area contributed by atoms with Gasteiger partial charge < -0.3 is 5.32 Å². The van der Waals surface area contributed by atoms with Crippen LogP contribution in [0.25, 0.3) is 16.6 Å². The first-order valence-corrected chi connectivity index (χ1v) is 11.5. The van der Waals surface area contributed by atoms with Gasteiger partial charge in [0.1, 0.15) is 6.04 Å². The van der Waals surface area contributed by atoms with Crippen LogP contribution in [-0.4, -0.2) is 20.0 Å². The molecule has 1 aromatic heterocycles. The van der Waals surface area contributed by atoms with Crippen molar-refractivity contribution < 1.29 is 22.9 Å². The molecule has 1 N–H and O–H groups in total. The highest BCUT2D eigenvalue weighted by molar-refractivity contribution is 5.84. The number of carbonyl (C=O) groups is 1. The number of nitro benzene ring substituents is 1. The summed E-state index contributed by atoms with van der Waals surface area (Å²) in [6.45, 7) is 1.41. The molecular weight excluding hydrogens is 505 g/mol. The van der Waals surface area contributed by atoms with Crippen molar-refractivity contribution in [2.45, 2.75) is 32.1 Å². The van der Waals surface area contributed by atoms with E-state index in [1.54, 1.807) is 19.1 Å².